The van der Waals surface area contributed by atoms with E-state index in [1.165, 1.54) is 0 Å². The van der Waals surface area contributed by atoms with Crippen LogP contribution in [0.15, 0.2) is 30.3 Å². The molecular formula is C20H26O3Se. The second-order valence-electron chi connectivity index (χ2n) is 8.01. The van der Waals surface area contributed by atoms with Gasteiger partial charge in [-0.3, -0.25) is 0 Å². The second kappa shape index (κ2) is 6.09. The molecule has 3 rings (SSSR count). The summed E-state index contributed by atoms with van der Waals surface area (Å²) in [5.74, 6) is 0.667. The number of benzene rings is 1. The first-order chi connectivity index (χ1) is 11.2. The van der Waals surface area contributed by atoms with Gasteiger partial charge in [0, 0.05) is 0 Å². The molecule has 0 aliphatic heterocycles. The standard InChI is InChI=1S/C20H26O3Se/c1-12(21)16(15(22)13-8-6-5-7-9-13)24-17-14-10-11-20(4,18(17)23)19(14,2)3/h5-9,14-17,22H,10-11H2,1-4H3/t14-,15-,16-,17+,20+/m1/s1. The van der Waals surface area contributed by atoms with Gasteiger partial charge in [0.2, 0.25) is 0 Å². The summed E-state index contributed by atoms with van der Waals surface area (Å²) in [6, 6.07) is 9.34. The Labute approximate surface area is 150 Å². The van der Waals surface area contributed by atoms with Crippen LogP contribution in [0.25, 0.3) is 0 Å². The van der Waals surface area contributed by atoms with E-state index in [4.69, 9.17) is 0 Å². The van der Waals surface area contributed by atoms with Crippen molar-refractivity contribution in [2.75, 3.05) is 0 Å². The van der Waals surface area contributed by atoms with E-state index in [0.29, 0.717) is 11.7 Å². The van der Waals surface area contributed by atoms with Gasteiger partial charge in [-0.05, 0) is 0 Å². The molecule has 130 valence electrons. The van der Waals surface area contributed by atoms with Crippen molar-refractivity contribution in [1.29, 1.82) is 0 Å². The molecular weight excluding hydrogens is 367 g/mol. The van der Waals surface area contributed by atoms with Gasteiger partial charge in [-0.25, -0.2) is 0 Å². The number of carbonyl (C=O) groups is 2. The van der Waals surface area contributed by atoms with Crippen molar-refractivity contribution in [2.45, 2.75) is 56.3 Å². The van der Waals surface area contributed by atoms with E-state index < -0.39 is 10.9 Å². The van der Waals surface area contributed by atoms with Crippen LogP contribution in [-0.4, -0.2) is 31.6 Å². The fourth-order valence-electron chi connectivity index (χ4n) is 4.54. The van der Waals surface area contributed by atoms with Gasteiger partial charge in [0.15, 0.2) is 0 Å². The molecule has 2 aliphatic rings. The summed E-state index contributed by atoms with van der Waals surface area (Å²) in [6.07, 6.45) is 1.21. The van der Waals surface area contributed by atoms with Crippen LogP contribution in [0.2, 0.25) is 9.63 Å². The molecule has 2 fully saturated rings. The zero-order valence-corrected chi connectivity index (χ0v) is 16.5. The van der Waals surface area contributed by atoms with Gasteiger partial charge in [-0.15, -0.1) is 0 Å². The van der Waals surface area contributed by atoms with Crippen LogP contribution in [0.1, 0.15) is 52.2 Å². The SMILES string of the molecule is CC(=O)[C@@H]([Se][C@@H]1C(=O)[C@]2(C)CC[C@H]1C2(C)C)[C@H](O)c1ccccc1. The Morgan fingerprint density at radius 3 is 2.38 bits per heavy atom. The van der Waals surface area contributed by atoms with Gasteiger partial charge in [-0.2, -0.15) is 0 Å². The Hall–Kier alpha value is -0.961. The molecule has 24 heavy (non-hydrogen) atoms. The van der Waals surface area contributed by atoms with Crippen LogP contribution >= 0.6 is 0 Å². The predicted molar refractivity (Wildman–Crippen MR) is 95.0 cm³/mol. The Morgan fingerprint density at radius 1 is 1.25 bits per heavy atom. The van der Waals surface area contributed by atoms with E-state index in [1.807, 2.05) is 30.3 Å². The first kappa shape index (κ1) is 17.8. The monoisotopic (exact) mass is 394 g/mol. The second-order valence-corrected chi connectivity index (χ2v) is 10.7. The van der Waals surface area contributed by atoms with Crippen LogP contribution in [0.4, 0.5) is 0 Å². The molecule has 0 spiro atoms. The molecule has 4 heteroatoms. The third-order valence-corrected chi connectivity index (χ3v) is 10.2. The minimum atomic E-state index is -0.813. The van der Waals surface area contributed by atoms with Gasteiger partial charge in [0.25, 0.3) is 0 Å². The molecule has 1 N–H and O–H groups in total. The summed E-state index contributed by atoms with van der Waals surface area (Å²) in [5.41, 5.74) is 0.499. The Kier molecular flexibility index (Phi) is 4.53. The summed E-state index contributed by atoms with van der Waals surface area (Å²) in [7, 11) is 0. The Balaban J connectivity index is 1.86. The topological polar surface area (TPSA) is 54.4 Å². The Bertz CT molecular complexity index is 654. The van der Waals surface area contributed by atoms with E-state index in [-0.39, 0.29) is 36.4 Å². The first-order valence-electron chi connectivity index (χ1n) is 8.63. The number of Topliss-reactive ketones (excluding diaryl/α,β-unsaturated/α-hetero) is 2. The average molecular weight is 393 g/mol. The Morgan fingerprint density at radius 2 is 1.88 bits per heavy atom. The molecule has 3 nitrogen and oxygen atoms in total. The summed E-state index contributed by atoms with van der Waals surface area (Å²) >= 11 is -0.224. The molecule has 1 aromatic rings. The third-order valence-electron chi connectivity index (χ3n) is 6.59. The van der Waals surface area contributed by atoms with Crippen LogP contribution in [-0.2, 0) is 9.59 Å². The average Bonchev–Trinajstić information content (AvgIpc) is 2.85. The van der Waals surface area contributed by atoms with Crippen molar-refractivity contribution in [3.05, 3.63) is 35.9 Å². The molecule has 2 bridgehead atoms. The fourth-order valence-corrected chi connectivity index (χ4v) is 8.44. The van der Waals surface area contributed by atoms with Crippen LogP contribution in [0.3, 0.4) is 0 Å². The van der Waals surface area contributed by atoms with Crippen molar-refractivity contribution in [1.82, 2.24) is 0 Å². The molecule has 0 aromatic heterocycles. The molecule has 0 radical (unpaired) electrons. The van der Waals surface area contributed by atoms with Gasteiger partial charge >= 0.3 is 150 Å². The minimum absolute atomic E-state index is 0.00443. The van der Waals surface area contributed by atoms with Gasteiger partial charge < -0.3 is 0 Å². The van der Waals surface area contributed by atoms with E-state index in [1.54, 1.807) is 6.92 Å². The number of fused-ring (bicyclic) bond motifs is 2. The fraction of sp³-hybridized carbons (Fsp3) is 0.600. The number of carbonyl (C=O) groups excluding carboxylic acids is 2. The zero-order valence-electron chi connectivity index (χ0n) is 14.8. The van der Waals surface area contributed by atoms with E-state index in [2.05, 4.69) is 20.8 Å². The van der Waals surface area contributed by atoms with E-state index >= 15 is 0 Å². The van der Waals surface area contributed by atoms with Gasteiger partial charge in [0.05, 0.1) is 0 Å². The van der Waals surface area contributed by atoms with Crippen molar-refractivity contribution < 1.29 is 14.7 Å². The number of hydrogen-bond acceptors (Lipinski definition) is 3. The number of aliphatic hydroxyl groups excluding tert-OH is 1. The van der Waals surface area contributed by atoms with Gasteiger partial charge in [-0.1, -0.05) is 0 Å². The molecule has 0 heterocycles. The number of rotatable bonds is 5. The number of ketones is 2. The molecule has 1 aromatic carbocycles. The third kappa shape index (κ3) is 2.51. The predicted octanol–water partition coefficient (Wildman–Crippen LogP) is 3.62. The van der Waals surface area contributed by atoms with Crippen LogP contribution in [0.5, 0.6) is 0 Å². The van der Waals surface area contributed by atoms with Crippen molar-refractivity contribution >= 4 is 26.5 Å². The molecule has 2 aliphatic carbocycles. The molecule has 0 amide bonds. The van der Waals surface area contributed by atoms with Crippen molar-refractivity contribution in [3.63, 3.8) is 0 Å². The van der Waals surface area contributed by atoms with Crippen LogP contribution < -0.4 is 0 Å². The summed E-state index contributed by atoms with van der Waals surface area (Å²) < 4.78 is 0. The van der Waals surface area contributed by atoms with Crippen molar-refractivity contribution in [3.8, 4) is 0 Å². The zero-order chi connectivity index (χ0) is 17.7. The summed E-state index contributed by atoms with van der Waals surface area (Å²) in [5, 5.41) is 10.7. The maximum absolute atomic E-state index is 13.0. The summed E-state index contributed by atoms with van der Waals surface area (Å²) in [6.45, 7) is 8.05. The maximum atomic E-state index is 13.0. The quantitative estimate of drug-likeness (QED) is 0.778. The van der Waals surface area contributed by atoms with Gasteiger partial charge in [0.1, 0.15) is 0 Å². The van der Waals surface area contributed by atoms with Crippen LogP contribution in [0, 0.1) is 16.7 Å². The molecule has 0 unspecified atom stereocenters. The number of aliphatic hydroxyl groups is 1. The van der Waals surface area contributed by atoms with E-state index in [0.717, 1.165) is 18.4 Å². The molecule has 5 atom stereocenters. The number of hydrogen-bond donors (Lipinski definition) is 1. The molecule has 2 saturated carbocycles. The van der Waals surface area contributed by atoms with Crippen molar-refractivity contribution in [2.24, 2.45) is 16.7 Å². The first-order valence-corrected chi connectivity index (χ1v) is 10.6. The summed E-state index contributed by atoms with van der Waals surface area (Å²) in [4.78, 5) is 24.8. The molecule has 0 saturated heterocycles. The normalized spacial score (nSPS) is 33.5. The van der Waals surface area contributed by atoms with E-state index in [9.17, 15) is 14.7 Å².